The van der Waals surface area contributed by atoms with Gasteiger partial charge in [-0.05, 0) is 24.5 Å². The van der Waals surface area contributed by atoms with E-state index < -0.39 is 6.10 Å². The number of rotatable bonds is 8. The average Bonchev–Trinajstić information content (AvgIpc) is 3.31. The van der Waals surface area contributed by atoms with E-state index in [2.05, 4.69) is 10.2 Å². The van der Waals surface area contributed by atoms with E-state index in [0.717, 1.165) is 16.5 Å². The van der Waals surface area contributed by atoms with Gasteiger partial charge in [0.15, 0.2) is 5.16 Å². The topological polar surface area (TPSA) is 60.2 Å². The van der Waals surface area contributed by atoms with Crippen LogP contribution in [0.3, 0.4) is 0 Å². The van der Waals surface area contributed by atoms with Crippen LogP contribution in [0.5, 0.6) is 0 Å². The monoisotopic (exact) mass is 353 g/mol. The second kappa shape index (κ2) is 7.66. The van der Waals surface area contributed by atoms with E-state index in [9.17, 15) is 5.11 Å². The molecule has 1 aromatic carbocycles. The van der Waals surface area contributed by atoms with Crippen molar-refractivity contribution in [2.24, 2.45) is 7.05 Å². The molecule has 0 aliphatic heterocycles. The predicted octanol–water partition coefficient (Wildman–Crippen LogP) is 3.02. The summed E-state index contributed by atoms with van der Waals surface area (Å²) < 4.78 is 7.57. The summed E-state index contributed by atoms with van der Waals surface area (Å²) in [6.07, 6.45) is 1.85. The van der Waals surface area contributed by atoms with Crippen molar-refractivity contribution in [2.45, 2.75) is 36.6 Å². The Morgan fingerprint density at radius 3 is 2.91 bits per heavy atom. The molecule has 7 heteroatoms. The molecule has 5 nitrogen and oxygen atoms in total. The second-order valence-electron chi connectivity index (χ2n) is 5.75. The van der Waals surface area contributed by atoms with E-state index in [4.69, 9.17) is 16.3 Å². The van der Waals surface area contributed by atoms with Crippen LogP contribution in [-0.2, 0) is 18.4 Å². The van der Waals surface area contributed by atoms with Crippen molar-refractivity contribution in [1.29, 1.82) is 0 Å². The zero-order valence-corrected chi connectivity index (χ0v) is 14.6. The Morgan fingerprint density at radius 1 is 1.39 bits per heavy atom. The van der Waals surface area contributed by atoms with Gasteiger partial charge in [0, 0.05) is 23.7 Å². The summed E-state index contributed by atoms with van der Waals surface area (Å²) in [4.78, 5) is 0. The molecule has 0 radical (unpaired) electrons. The molecule has 0 spiro atoms. The molecular weight excluding hydrogens is 334 g/mol. The molecule has 1 heterocycles. The van der Waals surface area contributed by atoms with Gasteiger partial charge in [-0.1, -0.05) is 41.6 Å². The lowest BCUT2D eigenvalue weighted by Crippen LogP contribution is -2.18. The van der Waals surface area contributed by atoms with Gasteiger partial charge in [0.25, 0.3) is 0 Å². The summed E-state index contributed by atoms with van der Waals surface area (Å²) in [5.74, 6) is 2.15. The number of aromatic nitrogens is 3. The lowest BCUT2D eigenvalue weighted by Gasteiger charge is -2.11. The van der Waals surface area contributed by atoms with Gasteiger partial charge in [-0.25, -0.2) is 0 Å². The Bertz CT molecular complexity index is 661. The maximum atomic E-state index is 10.0. The fourth-order valence-electron chi connectivity index (χ4n) is 2.29. The molecule has 1 aliphatic rings. The van der Waals surface area contributed by atoms with Crippen LogP contribution < -0.4 is 0 Å². The molecule has 1 fully saturated rings. The summed E-state index contributed by atoms with van der Waals surface area (Å²) in [5, 5.41) is 20.0. The number of nitrogens with zero attached hydrogens (tertiary/aromatic N) is 3. The molecule has 1 unspecified atom stereocenters. The smallest absolute Gasteiger partial charge is 0.191 e. The molecule has 0 saturated heterocycles. The second-order valence-corrected chi connectivity index (χ2v) is 7.14. The first-order chi connectivity index (χ1) is 11.1. The van der Waals surface area contributed by atoms with Crippen molar-refractivity contribution in [2.75, 3.05) is 12.4 Å². The van der Waals surface area contributed by atoms with E-state index in [1.54, 1.807) is 0 Å². The standard InChI is InChI=1S/C16H20ClN3O2S/c1-20-15(11-6-7-11)18-19-16(20)23-10-13(21)9-22-8-12-4-2-3-5-14(12)17/h2-5,11,13,21H,6-10H2,1H3. The van der Waals surface area contributed by atoms with E-state index >= 15 is 0 Å². The lowest BCUT2D eigenvalue weighted by atomic mass is 10.2. The van der Waals surface area contributed by atoms with Crippen LogP contribution in [0, 0.1) is 0 Å². The Balaban J connectivity index is 1.41. The zero-order chi connectivity index (χ0) is 16.2. The van der Waals surface area contributed by atoms with Gasteiger partial charge in [-0.15, -0.1) is 10.2 Å². The highest BCUT2D eigenvalue weighted by atomic mass is 35.5. The van der Waals surface area contributed by atoms with Gasteiger partial charge in [0.1, 0.15) is 5.82 Å². The Labute approximate surface area is 145 Å². The van der Waals surface area contributed by atoms with E-state index in [0.29, 0.717) is 23.3 Å². The SMILES string of the molecule is Cn1c(SCC(O)COCc2ccccc2Cl)nnc1C1CC1. The number of benzene rings is 1. The van der Waals surface area contributed by atoms with Gasteiger partial charge < -0.3 is 14.4 Å². The van der Waals surface area contributed by atoms with Crippen LogP contribution in [-0.4, -0.2) is 38.3 Å². The highest BCUT2D eigenvalue weighted by molar-refractivity contribution is 7.99. The molecule has 1 saturated carbocycles. The third-order valence-corrected chi connectivity index (χ3v) is 5.28. The number of hydrogen-bond donors (Lipinski definition) is 1. The molecule has 2 aromatic rings. The van der Waals surface area contributed by atoms with Crippen molar-refractivity contribution in [3.63, 3.8) is 0 Å². The van der Waals surface area contributed by atoms with Crippen LogP contribution in [0.15, 0.2) is 29.4 Å². The minimum Gasteiger partial charge on any atom is -0.390 e. The molecule has 1 aliphatic carbocycles. The first kappa shape index (κ1) is 16.8. The maximum Gasteiger partial charge on any atom is 0.191 e. The van der Waals surface area contributed by atoms with Crippen LogP contribution in [0.4, 0.5) is 0 Å². The number of thioether (sulfide) groups is 1. The Kier molecular flexibility index (Phi) is 5.58. The summed E-state index contributed by atoms with van der Waals surface area (Å²) in [7, 11) is 1.98. The lowest BCUT2D eigenvalue weighted by molar-refractivity contribution is 0.0398. The number of ether oxygens (including phenoxy) is 1. The largest absolute Gasteiger partial charge is 0.390 e. The van der Waals surface area contributed by atoms with Crippen molar-refractivity contribution >= 4 is 23.4 Å². The molecule has 124 valence electrons. The molecule has 23 heavy (non-hydrogen) atoms. The number of hydrogen-bond acceptors (Lipinski definition) is 5. The van der Waals surface area contributed by atoms with Crippen molar-refractivity contribution < 1.29 is 9.84 Å². The highest BCUT2D eigenvalue weighted by Gasteiger charge is 2.29. The molecule has 1 atom stereocenters. The van der Waals surface area contributed by atoms with Crippen LogP contribution >= 0.6 is 23.4 Å². The molecule has 1 N–H and O–H groups in total. The molecule has 3 rings (SSSR count). The normalized spacial score (nSPS) is 15.8. The minimum absolute atomic E-state index is 0.269. The zero-order valence-electron chi connectivity index (χ0n) is 13.0. The van der Waals surface area contributed by atoms with Crippen LogP contribution in [0.1, 0.15) is 30.1 Å². The Hall–Kier alpha value is -1.08. The fourth-order valence-corrected chi connectivity index (χ4v) is 3.30. The van der Waals surface area contributed by atoms with Crippen molar-refractivity contribution in [3.05, 3.63) is 40.7 Å². The molecular formula is C16H20ClN3O2S. The van der Waals surface area contributed by atoms with E-state index in [1.807, 2.05) is 35.9 Å². The highest BCUT2D eigenvalue weighted by Crippen LogP contribution is 2.39. The summed E-state index contributed by atoms with van der Waals surface area (Å²) in [6.45, 7) is 0.669. The van der Waals surface area contributed by atoms with Gasteiger partial charge in [-0.3, -0.25) is 0 Å². The van der Waals surface area contributed by atoms with Crippen LogP contribution in [0.25, 0.3) is 0 Å². The van der Waals surface area contributed by atoms with Crippen LogP contribution in [0.2, 0.25) is 5.02 Å². The summed E-state index contributed by atoms with van der Waals surface area (Å²) >= 11 is 7.57. The molecule has 1 aromatic heterocycles. The third-order valence-electron chi connectivity index (χ3n) is 3.74. The maximum absolute atomic E-state index is 10.0. The van der Waals surface area contributed by atoms with Gasteiger partial charge in [0.2, 0.25) is 0 Å². The number of aliphatic hydroxyl groups excluding tert-OH is 1. The van der Waals surface area contributed by atoms with Gasteiger partial charge in [-0.2, -0.15) is 0 Å². The summed E-state index contributed by atoms with van der Waals surface area (Å²) in [6, 6.07) is 7.55. The third kappa shape index (κ3) is 4.47. The Morgan fingerprint density at radius 2 is 2.17 bits per heavy atom. The number of aliphatic hydroxyl groups is 1. The first-order valence-corrected chi connectivity index (χ1v) is 9.03. The van der Waals surface area contributed by atoms with Gasteiger partial charge >= 0.3 is 0 Å². The summed E-state index contributed by atoms with van der Waals surface area (Å²) in [5.41, 5.74) is 0.927. The number of halogens is 1. The fraction of sp³-hybridized carbons (Fsp3) is 0.500. The minimum atomic E-state index is -0.552. The van der Waals surface area contributed by atoms with Gasteiger partial charge in [0.05, 0.1) is 19.3 Å². The predicted molar refractivity (Wildman–Crippen MR) is 90.8 cm³/mol. The van der Waals surface area contributed by atoms with E-state index in [1.165, 1.54) is 24.6 Å². The average molecular weight is 354 g/mol. The van der Waals surface area contributed by atoms with E-state index in [-0.39, 0.29) is 6.61 Å². The molecule has 0 amide bonds. The van der Waals surface area contributed by atoms with Crippen molar-refractivity contribution in [3.8, 4) is 0 Å². The quantitative estimate of drug-likeness (QED) is 0.739. The first-order valence-electron chi connectivity index (χ1n) is 7.66. The molecule has 0 bridgehead atoms. The van der Waals surface area contributed by atoms with Crippen molar-refractivity contribution in [1.82, 2.24) is 14.8 Å².